The number of carbonyl (C=O) groups excluding carboxylic acids is 3. The lowest BCUT2D eigenvalue weighted by atomic mass is 10.2. The van der Waals surface area contributed by atoms with Crippen molar-refractivity contribution >= 4 is 57.9 Å². The Bertz CT molecular complexity index is 1310. The molecule has 12 nitrogen and oxygen atoms in total. The average molecular weight is 516 g/mol. The van der Waals surface area contributed by atoms with Crippen molar-refractivity contribution in [1.82, 2.24) is 14.9 Å². The average Bonchev–Trinajstić information content (AvgIpc) is 3.22. The summed E-state index contributed by atoms with van der Waals surface area (Å²) in [7, 11) is 0. The van der Waals surface area contributed by atoms with Gasteiger partial charge in [0.05, 0.1) is 11.6 Å². The molecule has 188 valence electrons. The number of pyridine rings is 2. The molecule has 3 amide bonds. The molecule has 0 saturated carbocycles. The van der Waals surface area contributed by atoms with Crippen LogP contribution in [-0.4, -0.2) is 70.0 Å². The molecule has 36 heavy (non-hydrogen) atoms. The number of nitrogens with zero attached hydrogens (tertiary/aromatic N) is 3. The third kappa shape index (κ3) is 5.96. The Morgan fingerprint density at radius 1 is 1.14 bits per heavy atom. The van der Waals surface area contributed by atoms with Crippen molar-refractivity contribution < 1.29 is 33.4 Å². The van der Waals surface area contributed by atoms with Crippen LogP contribution in [0.4, 0.5) is 11.5 Å². The Morgan fingerprint density at radius 3 is 2.69 bits per heavy atom. The molecule has 0 atom stereocenters. The Balaban J connectivity index is 1.49. The van der Waals surface area contributed by atoms with Crippen LogP contribution in [0, 0.1) is 0 Å². The number of anilines is 2. The van der Waals surface area contributed by atoms with Crippen molar-refractivity contribution in [3.05, 3.63) is 46.9 Å². The number of hydrogen-bond acceptors (Lipinski definition) is 8. The summed E-state index contributed by atoms with van der Waals surface area (Å²) in [6.45, 7) is 1.58. The van der Waals surface area contributed by atoms with Crippen molar-refractivity contribution in [2.75, 3.05) is 36.9 Å². The molecule has 4 heterocycles. The number of aromatic nitrogens is 2. The summed E-state index contributed by atoms with van der Waals surface area (Å²) < 4.78 is 10.7. The summed E-state index contributed by atoms with van der Waals surface area (Å²) in [5.74, 6) is -2.57. The van der Waals surface area contributed by atoms with Crippen molar-refractivity contribution in [3.8, 4) is 0 Å². The van der Waals surface area contributed by atoms with Gasteiger partial charge in [-0.15, -0.1) is 0 Å². The van der Waals surface area contributed by atoms with Gasteiger partial charge < -0.3 is 29.8 Å². The van der Waals surface area contributed by atoms with E-state index in [0.717, 1.165) is 0 Å². The van der Waals surface area contributed by atoms with Gasteiger partial charge in [-0.3, -0.25) is 14.4 Å². The summed E-state index contributed by atoms with van der Waals surface area (Å²) in [6.07, 6.45) is 2.53. The molecule has 0 aliphatic carbocycles. The van der Waals surface area contributed by atoms with Gasteiger partial charge in [0.1, 0.15) is 29.3 Å². The van der Waals surface area contributed by atoms with E-state index in [0.29, 0.717) is 37.6 Å². The van der Waals surface area contributed by atoms with Crippen LogP contribution in [0.3, 0.4) is 0 Å². The summed E-state index contributed by atoms with van der Waals surface area (Å²) in [5, 5.41) is 14.9. The zero-order chi connectivity index (χ0) is 25.7. The van der Waals surface area contributed by atoms with Crippen molar-refractivity contribution in [3.63, 3.8) is 0 Å². The van der Waals surface area contributed by atoms with Crippen LogP contribution in [0.15, 0.2) is 34.9 Å². The fraction of sp³-hybridized carbons (Fsp3) is 0.304. The lowest BCUT2D eigenvalue weighted by molar-refractivity contribution is -0.142. The minimum absolute atomic E-state index is 0.0244. The first kappa shape index (κ1) is 25.1. The minimum atomic E-state index is -1.27. The zero-order valence-corrected chi connectivity index (χ0v) is 19.7. The Labute approximate surface area is 209 Å². The summed E-state index contributed by atoms with van der Waals surface area (Å²) in [5.41, 5.74) is -0.181. The van der Waals surface area contributed by atoms with Crippen molar-refractivity contribution in [2.24, 2.45) is 0 Å². The molecule has 1 aliphatic heterocycles. The first-order chi connectivity index (χ1) is 17.3. The lowest BCUT2D eigenvalue weighted by Crippen LogP contribution is -2.42. The van der Waals surface area contributed by atoms with Crippen LogP contribution < -0.4 is 10.6 Å². The second-order valence-corrected chi connectivity index (χ2v) is 8.35. The van der Waals surface area contributed by atoms with Gasteiger partial charge in [-0.2, -0.15) is 0 Å². The highest BCUT2D eigenvalue weighted by atomic mass is 35.5. The predicted molar refractivity (Wildman–Crippen MR) is 128 cm³/mol. The maximum atomic E-state index is 12.9. The van der Waals surface area contributed by atoms with Crippen molar-refractivity contribution in [1.29, 1.82) is 0 Å². The molecule has 1 fully saturated rings. The first-order valence-corrected chi connectivity index (χ1v) is 11.4. The maximum Gasteiger partial charge on any atom is 0.354 e. The van der Waals surface area contributed by atoms with Crippen LogP contribution in [0.1, 0.15) is 40.3 Å². The minimum Gasteiger partial charge on any atom is -0.477 e. The van der Waals surface area contributed by atoms with Crippen LogP contribution in [-0.2, 0) is 14.3 Å². The number of morpholine rings is 1. The van der Waals surface area contributed by atoms with Gasteiger partial charge in [0.15, 0.2) is 5.58 Å². The molecule has 1 aliphatic rings. The number of hydrogen-bond donors (Lipinski definition) is 3. The molecule has 3 aromatic heterocycles. The van der Waals surface area contributed by atoms with Crippen molar-refractivity contribution in [2.45, 2.75) is 19.3 Å². The second-order valence-electron chi connectivity index (χ2n) is 7.91. The van der Waals surface area contributed by atoms with Gasteiger partial charge in [-0.25, -0.2) is 14.8 Å². The number of aromatic carboxylic acids is 1. The van der Waals surface area contributed by atoms with E-state index >= 15 is 0 Å². The van der Waals surface area contributed by atoms with Crippen LogP contribution in [0.5, 0.6) is 0 Å². The molecule has 3 N–H and O–H groups in total. The zero-order valence-electron chi connectivity index (χ0n) is 19.0. The molecule has 0 spiro atoms. The number of unbranched alkanes of at least 4 members (excludes halogenated alkanes) is 1. The fourth-order valence-corrected chi connectivity index (χ4v) is 3.68. The molecule has 3 aromatic rings. The van der Waals surface area contributed by atoms with E-state index in [1.165, 1.54) is 30.5 Å². The molecule has 0 unspecified atom stereocenters. The quantitative estimate of drug-likeness (QED) is 0.363. The highest BCUT2D eigenvalue weighted by Crippen LogP contribution is 2.31. The van der Waals surface area contributed by atoms with E-state index in [1.54, 1.807) is 4.90 Å². The lowest BCUT2D eigenvalue weighted by Gasteiger charge is -2.26. The third-order valence-electron chi connectivity index (χ3n) is 5.36. The summed E-state index contributed by atoms with van der Waals surface area (Å²) in [6, 6.07) is 5.62. The van der Waals surface area contributed by atoms with Gasteiger partial charge in [-0.1, -0.05) is 11.6 Å². The van der Waals surface area contributed by atoms with Gasteiger partial charge >= 0.3 is 5.97 Å². The van der Waals surface area contributed by atoms with Gasteiger partial charge in [0.2, 0.25) is 17.6 Å². The van der Waals surface area contributed by atoms with Gasteiger partial charge in [-0.05, 0) is 37.1 Å². The van der Waals surface area contributed by atoms with Crippen LogP contribution in [0.25, 0.3) is 11.1 Å². The number of carboxylic acids is 1. The molecule has 13 heteroatoms. The monoisotopic (exact) mass is 515 g/mol. The topological polar surface area (TPSA) is 164 Å². The fourth-order valence-electron chi connectivity index (χ4n) is 3.57. The molecular weight excluding hydrogens is 494 g/mol. The van der Waals surface area contributed by atoms with E-state index in [1.807, 2.05) is 0 Å². The smallest absolute Gasteiger partial charge is 0.354 e. The second kappa shape index (κ2) is 11.1. The Morgan fingerprint density at radius 2 is 1.97 bits per heavy atom. The number of rotatable bonds is 9. The largest absolute Gasteiger partial charge is 0.477 e. The highest BCUT2D eigenvalue weighted by Gasteiger charge is 2.25. The number of ether oxygens (including phenoxy) is 1. The number of carbonyl (C=O) groups is 4. The number of furan rings is 1. The Hall–Kier alpha value is -4.03. The Kier molecular flexibility index (Phi) is 7.76. The SMILES string of the molecule is O=C(CCCCN1CCOCC1=O)Nc1c(C(=O)Nc2ccc(Cl)cn2)oc2ccc(C(=O)O)nc12. The van der Waals surface area contributed by atoms with Crippen LogP contribution in [0.2, 0.25) is 5.02 Å². The number of fused-ring (bicyclic) bond motifs is 1. The maximum absolute atomic E-state index is 12.9. The van der Waals surface area contributed by atoms with Crippen LogP contribution >= 0.6 is 11.6 Å². The molecule has 4 rings (SSSR count). The van der Waals surface area contributed by atoms with E-state index in [9.17, 15) is 24.3 Å². The van der Waals surface area contributed by atoms with E-state index < -0.39 is 17.8 Å². The standard InChI is InChI=1S/C23H22ClN5O7/c24-13-4-7-16(25-11-13)27-22(32)21-20(19-15(36-21)6-5-14(26-19)23(33)34)28-17(30)3-1-2-8-29-9-10-35-12-18(29)31/h4-7,11H,1-3,8-10,12H2,(H,28,30)(H,33,34)(H,25,27,32). The highest BCUT2D eigenvalue weighted by molar-refractivity contribution is 6.30. The number of carboxylic acid groups (broad SMARTS) is 1. The summed E-state index contributed by atoms with van der Waals surface area (Å²) >= 11 is 5.82. The van der Waals surface area contributed by atoms with E-state index in [2.05, 4.69) is 20.6 Å². The number of halogens is 1. The first-order valence-electron chi connectivity index (χ1n) is 11.1. The number of amides is 3. The number of nitrogens with one attached hydrogen (secondary N) is 2. The normalized spacial score (nSPS) is 13.6. The third-order valence-corrected chi connectivity index (χ3v) is 5.58. The predicted octanol–water partition coefficient (Wildman–Crippen LogP) is 2.79. The molecular formula is C23H22ClN5O7. The van der Waals surface area contributed by atoms with E-state index in [-0.39, 0.29) is 53.0 Å². The van der Waals surface area contributed by atoms with E-state index in [4.69, 9.17) is 20.8 Å². The molecule has 0 aromatic carbocycles. The molecule has 0 bridgehead atoms. The molecule has 1 saturated heterocycles. The van der Waals surface area contributed by atoms with Gasteiger partial charge in [0.25, 0.3) is 5.91 Å². The summed E-state index contributed by atoms with van der Waals surface area (Å²) in [4.78, 5) is 58.6. The van der Waals surface area contributed by atoms with Gasteiger partial charge in [0, 0.05) is 25.7 Å². The molecule has 0 radical (unpaired) electrons.